The van der Waals surface area contributed by atoms with Crippen LogP contribution in [0.25, 0.3) is 11.3 Å². The van der Waals surface area contributed by atoms with Crippen molar-refractivity contribution in [3.63, 3.8) is 0 Å². The van der Waals surface area contributed by atoms with Crippen molar-refractivity contribution in [1.82, 2.24) is 9.55 Å². The molecule has 0 saturated heterocycles. The quantitative estimate of drug-likeness (QED) is 0.603. The van der Waals surface area contributed by atoms with E-state index in [4.69, 9.17) is 16.3 Å². The molecule has 27 heavy (non-hydrogen) atoms. The predicted octanol–water partition coefficient (Wildman–Crippen LogP) is 4.79. The number of hydrogen-bond donors (Lipinski definition) is 1. The van der Waals surface area contributed by atoms with Crippen molar-refractivity contribution in [3.05, 3.63) is 59.2 Å². The van der Waals surface area contributed by atoms with E-state index in [0.717, 1.165) is 22.0 Å². The number of nitrogens with one attached hydrogen (secondary N) is 1. The molecule has 0 aliphatic rings. The number of carbonyl (C=O) groups excluding carboxylic acids is 1. The Labute approximate surface area is 167 Å². The van der Waals surface area contributed by atoms with Gasteiger partial charge in [0.25, 0.3) is 0 Å². The second kappa shape index (κ2) is 8.50. The first-order chi connectivity index (χ1) is 13.0. The summed E-state index contributed by atoms with van der Waals surface area (Å²) in [6, 6.07) is 13.3. The zero-order valence-corrected chi connectivity index (χ0v) is 16.9. The molecule has 1 N–H and O–H groups in total. The first-order valence-electron chi connectivity index (χ1n) is 8.33. The van der Waals surface area contributed by atoms with E-state index in [-0.39, 0.29) is 11.7 Å². The molecule has 0 saturated carbocycles. The molecule has 2 aromatic carbocycles. The van der Waals surface area contributed by atoms with E-state index in [1.165, 1.54) is 11.8 Å². The Kier molecular flexibility index (Phi) is 6.08. The Bertz CT molecular complexity index is 954. The van der Waals surface area contributed by atoms with Crippen LogP contribution < -0.4 is 10.1 Å². The van der Waals surface area contributed by atoms with Crippen LogP contribution in [0.1, 0.15) is 5.56 Å². The second-order valence-electron chi connectivity index (χ2n) is 6.03. The molecule has 3 aromatic rings. The number of benzene rings is 2. The van der Waals surface area contributed by atoms with E-state index >= 15 is 0 Å². The van der Waals surface area contributed by atoms with Gasteiger partial charge < -0.3 is 14.6 Å². The number of nitrogens with zero attached hydrogens (tertiary/aromatic N) is 2. The summed E-state index contributed by atoms with van der Waals surface area (Å²) in [6.45, 7) is 1.97. The van der Waals surface area contributed by atoms with Gasteiger partial charge in [-0.15, -0.1) is 0 Å². The maximum Gasteiger partial charge on any atom is 0.234 e. The summed E-state index contributed by atoms with van der Waals surface area (Å²) in [4.78, 5) is 16.8. The number of ether oxygens (including phenoxy) is 1. The molecule has 0 atom stereocenters. The summed E-state index contributed by atoms with van der Waals surface area (Å²) in [5, 5.41) is 4.36. The first-order valence-corrected chi connectivity index (χ1v) is 9.69. The van der Waals surface area contributed by atoms with Crippen molar-refractivity contribution in [1.29, 1.82) is 0 Å². The number of thioether (sulfide) groups is 1. The number of imidazole rings is 1. The van der Waals surface area contributed by atoms with Gasteiger partial charge in [0.05, 0.1) is 30.4 Å². The zero-order chi connectivity index (χ0) is 19.4. The Morgan fingerprint density at radius 1 is 1.26 bits per heavy atom. The van der Waals surface area contributed by atoms with Crippen molar-refractivity contribution in [2.45, 2.75) is 12.1 Å². The standard InChI is InChI=1S/C20H20ClN3O2S/c1-13-4-9-18(26-3)16(10-13)23-19(25)12-27-20-22-11-17(24(20)2)14-5-7-15(21)8-6-14/h4-11H,12H2,1-3H3,(H,23,25). The highest BCUT2D eigenvalue weighted by atomic mass is 35.5. The fraction of sp³-hybridized carbons (Fsp3) is 0.200. The number of anilines is 1. The Morgan fingerprint density at radius 3 is 2.70 bits per heavy atom. The molecule has 0 unspecified atom stereocenters. The van der Waals surface area contributed by atoms with Crippen LogP contribution in [0.3, 0.4) is 0 Å². The number of halogens is 1. The van der Waals surface area contributed by atoms with Crippen molar-refractivity contribution in [3.8, 4) is 17.0 Å². The number of amides is 1. The van der Waals surface area contributed by atoms with Gasteiger partial charge in [-0.3, -0.25) is 4.79 Å². The SMILES string of the molecule is COc1ccc(C)cc1NC(=O)CSc1ncc(-c2ccc(Cl)cc2)n1C. The summed E-state index contributed by atoms with van der Waals surface area (Å²) >= 11 is 7.33. The van der Waals surface area contributed by atoms with Crippen LogP contribution in [0.2, 0.25) is 5.02 Å². The molecular formula is C20H20ClN3O2S. The normalized spacial score (nSPS) is 10.7. The molecule has 0 radical (unpaired) electrons. The Hall–Kier alpha value is -2.44. The Morgan fingerprint density at radius 2 is 2.00 bits per heavy atom. The highest BCUT2D eigenvalue weighted by Gasteiger charge is 2.13. The van der Waals surface area contributed by atoms with Gasteiger partial charge in [-0.2, -0.15) is 0 Å². The summed E-state index contributed by atoms with van der Waals surface area (Å²) in [5.74, 6) is 0.781. The minimum absolute atomic E-state index is 0.111. The van der Waals surface area contributed by atoms with E-state index < -0.39 is 0 Å². The zero-order valence-electron chi connectivity index (χ0n) is 15.3. The van der Waals surface area contributed by atoms with Gasteiger partial charge in [0.1, 0.15) is 5.75 Å². The van der Waals surface area contributed by atoms with Crippen molar-refractivity contribution >= 4 is 35.0 Å². The summed E-state index contributed by atoms with van der Waals surface area (Å²) in [5.41, 5.74) is 3.71. The number of aryl methyl sites for hydroxylation is 1. The van der Waals surface area contributed by atoms with E-state index in [1.54, 1.807) is 13.3 Å². The number of methoxy groups -OCH3 is 1. The molecule has 1 heterocycles. The van der Waals surface area contributed by atoms with Gasteiger partial charge in [-0.25, -0.2) is 4.98 Å². The fourth-order valence-electron chi connectivity index (χ4n) is 2.65. The van der Waals surface area contributed by atoms with Crippen LogP contribution in [0.15, 0.2) is 53.8 Å². The predicted molar refractivity (Wildman–Crippen MR) is 111 cm³/mol. The van der Waals surface area contributed by atoms with Crippen LogP contribution in [0, 0.1) is 6.92 Å². The Balaban J connectivity index is 1.66. The molecule has 0 bridgehead atoms. The smallest absolute Gasteiger partial charge is 0.234 e. The number of rotatable bonds is 6. The van der Waals surface area contributed by atoms with Crippen LogP contribution in [0.5, 0.6) is 5.75 Å². The third-order valence-electron chi connectivity index (χ3n) is 4.05. The van der Waals surface area contributed by atoms with Crippen molar-refractivity contribution in [2.24, 2.45) is 7.05 Å². The molecular weight excluding hydrogens is 382 g/mol. The molecule has 140 valence electrons. The number of aromatic nitrogens is 2. The van der Waals surface area contributed by atoms with Gasteiger partial charge >= 0.3 is 0 Å². The molecule has 3 rings (SSSR count). The third-order valence-corrected chi connectivity index (χ3v) is 5.34. The molecule has 1 aromatic heterocycles. The van der Waals surface area contributed by atoms with Crippen LogP contribution in [0.4, 0.5) is 5.69 Å². The minimum Gasteiger partial charge on any atom is -0.495 e. The number of hydrogen-bond acceptors (Lipinski definition) is 4. The average Bonchev–Trinajstić information content (AvgIpc) is 3.01. The lowest BCUT2D eigenvalue weighted by Crippen LogP contribution is -2.15. The topological polar surface area (TPSA) is 56.1 Å². The summed E-state index contributed by atoms with van der Waals surface area (Å²) in [6.07, 6.45) is 1.80. The molecule has 5 nitrogen and oxygen atoms in total. The average molecular weight is 402 g/mol. The van der Waals surface area contributed by atoms with E-state index in [0.29, 0.717) is 16.5 Å². The molecule has 0 aliphatic heterocycles. The highest BCUT2D eigenvalue weighted by molar-refractivity contribution is 7.99. The maximum absolute atomic E-state index is 12.4. The van der Waals surface area contributed by atoms with E-state index in [9.17, 15) is 4.79 Å². The molecule has 0 fully saturated rings. The van der Waals surface area contributed by atoms with E-state index in [1.807, 2.05) is 61.0 Å². The highest BCUT2D eigenvalue weighted by Crippen LogP contribution is 2.28. The minimum atomic E-state index is -0.111. The molecule has 0 spiro atoms. The van der Waals surface area contributed by atoms with Gasteiger partial charge in [0.15, 0.2) is 5.16 Å². The van der Waals surface area contributed by atoms with Crippen LogP contribution in [-0.4, -0.2) is 28.3 Å². The van der Waals surface area contributed by atoms with Crippen molar-refractivity contribution in [2.75, 3.05) is 18.2 Å². The largest absolute Gasteiger partial charge is 0.495 e. The van der Waals surface area contributed by atoms with Crippen LogP contribution >= 0.6 is 23.4 Å². The third kappa shape index (κ3) is 4.64. The van der Waals surface area contributed by atoms with Crippen LogP contribution in [-0.2, 0) is 11.8 Å². The number of carbonyl (C=O) groups is 1. The lowest BCUT2D eigenvalue weighted by Gasteiger charge is -2.11. The van der Waals surface area contributed by atoms with Crippen molar-refractivity contribution < 1.29 is 9.53 Å². The summed E-state index contributed by atoms with van der Waals surface area (Å²) < 4.78 is 7.26. The lowest BCUT2D eigenvalue weighted by molar-refractivity contribution is -0.113. The van der Waals surface area contributed by atoms with Gasteiger partial charge in [-0.1, -0.05) is 41.6 Å². The molecule has 0 aliphatic carbocycles. The maximum atomic E-state index is 12.4. The second-order valence-corrected chi connectivity index (χ2v) is 7.41. The van der Waals surface area contributed by atoms with Gasteiger partial charge in [0, 0.05) is 12.1 Å². The molecule has 7 heteroatoms. The molecule has 1 amide bonds. The monoisotopic (exact) mass is 401 g/mol. The summed E-state index contributed by atoms with van der Waals surface area (Å²) in [7, 11) is 3.52. The van der Waals surface area contributed by atoms with Gasteiger partial charge in [-0.05, 0) is 42.3 Å². The fourth-order valence-corrected chi connectivity index (χ4v) is 3.53. The van der Waals surface area contributed by atoms with Gasteiger partial charge in [0.2, 0.25) is 5.91 Å². The first kappa shape index (κ1) is 19.3. The van der Waals surface area contributed by atoms with E-state index in [2.05, 4.69) is 10.3 Å². The lowest BCUT2D eigenvalue weighted by atomic mass is 10.2.